The molecule has 18 aromatic heterocycles. The SMILES string of the molecule is CCCCCCCCN1/C(=C/C2=C(O)C(=C\C3=[N+](CCCCCCCC)c4ccc(-c5cc(-c6ccc(-c7cc(-c8cccs8)c(-c8cccs8)s7)s6)c(-c6ccc(-c7cc(-c8cccs8)c(-c8cccs8)s7)s6)s5)cc4C3(C)C)/C2=O)C(C)(C)c2cc(-c3cc(-c4ccc(-c5cc(-c6cccs6)c(-c6cccs6)s5)s4)c(-c4ccc(-c5cc(-c6cccs6)c(-c6cccs6)s5)s4)s3)ccc21. The number of fused-ring (bicyclic) bond motifs is 2. The van der Waals surface area contributed by atoms with Gasteiger partial charge in [-0.05, 0) is 250 Å². The van der Waals surface area contributed by atoms with E-state index >= 15 is 4.79 Å². The molecule has 1 N–H and O–H groups in total. The molecule has 0 bridgehead atoms. The molecule has 678 valence electrons. The highest BCUT2D eigenvalue weighted by Gasteiger charge is 2.48. The molecule has 0 fully saturated rings. The van der Waals surface area contributed by atoms with Gasteiger partial charge in [0, 0.05) is 188 Å². The summed E-state index contributed by atoms with van der Waals surface area (Å²) in [4.78, 5) is 54.1. The summed E-state index contributed by atoms with van der Waals surface area (Å²) in [7, 11) is 0. The number of Topliss-reactive ketones (excluding diaryl/α,β-unsaturated/α-hetero) is 1. The van der Waals surface area contributed by atoms with Crippen molar-refractivity contribution in [3.8, 4) is 181 Å². The van der Waals surface area contributed by atoms with Crippen LogP contribution in [0.2, 0.25) is 0 Å². The largest absolute Gasteiger partial charge is 0.506 e. The monoisotopic (exact) mass is 2100 g/mol. The summed E-state index contributed by atoms with van der Waals surface area (Å²) in [6.07, 6.45) is 18.1. The lowest BCUT2D eigenvalue weighted by molar-refractivity contribution is -0.438. The Balaban J connectivity index is 0.589. The van der Waals surface area contributed by atoms with Crippen molar-refractivity contribution in [1.29, 1.82) is 0 Å². The third kappa shape index (κ3) is 17.4. The molecule has 2 aromatic carbocycles. The average Bonchev–Trinajstić information content (AvgIpc) is 1.55. The van der Waals surface area contributed by atoms with E-state index in [2.05, 4.69) is 325 Å². The quantitative estimate of drug-likeness (QED) is 0.0248. The number of nitrogens with zero attached hydrogens (tertiary/aromatic N) is 2. The summed E-state index contributed by atoms with van der Waals surface area (Å²) in [6, 6.07) is 83.3. The number of aliphatic hydroxyl groups excluding tert-OH is 1. The Hall–Kier alpha value is -8.80. The second-order valence-electron chi connectivity index (χ2n) is 35.7. The molecule has 22 heteroatoms. The number of allylic oxidation sites excluding steroid dienone is 5. The predicted octanol–water partition coefficient (Wildman–Crippen LogP) is 41.9. The van der Waals surface area contributed by atoms with Crippen molar-refractivity contribution >= 4 is 227 Å². The third-order valence-corrected chi connectivity index (χ3v) is 46.5. The molecule has 0 saturated heterocycles. The highest BCUT2D eigenvalue weighted by Crippen LogP contribution is 2.60. The molecule has 0 unspecified atom stereocenters. The Bertz CT molecular complexity index is 7290. The number of anilines is 1. The van der Waals surface area contributed by atoms with Crippen molar-refractivity contribution in [1.82, 2.24) is 0 Å². The van der Waals surface area contributed by atoms with Crippen molar-refractivity contribution in [2.24, 2.45) is 0 Å². The maximum atomic E-state index is 15.7. The van der Waals surface area contributed by atoms with Gasteiger partial charge in [-0.1, -0.05) is 140 Å². The number of hydrogen-bond donors (Lipinski definition) is 1. The van der Waals surface area contributed by atoms with E-state index in [0.717, 1.165) is 50.2 Å². The third-order valence-electron chi connectivity index (χ3n) is 26.3. The standard InChI is InChI=1S/C114H92N2O2S18/c1-7-9-11-13-15-17-47-115-79-37-35-67(97-59-73(85-39-41-87(127-85)99-61-69(81-27-19-49-119-81)107(133-99)91-31-23-53-123-91)111(131-97)95-45-43-89(129-95)101-63-71(83-29-21-51-121-83)109(135-101)93-33-25-55-125-93)57-77(79)113(3,4)103(115)65-75-105(117)76(106(75)118)66-104-114(5,6)78-58-68(36-38-80(78)116(104)48-18-16-14-12-10-8-2)98-60-74(86-40-42-88(128-86)100-62-70(82-28-20-50-120-82)108(134-100)92-32-24-54-124-92)112(132-98)96-46-44-90(130-96)102-64-72(84-30-22-52-122-84)110(136-102)94-34-26-56-126-94/h19-46,49-66H,7-18,47-48H2,1-6H3/p+1. The number of benzene rings is 2. The zero-order valence-electron chi connectivity index (χ0n) is 75.6. The van der Waals surface area contributed by atoms with Gasteiger partial charge in [-0.25, -0.2) is 0 Å². The number of ketones is 1. The first-order valence-electron chi connectivity index (χ1n) is 46.4. The highest BCUT2D eigenvalue weighted by atomic mass is 32.2. The summed E-state index contributed by atoms with van der Waals surface area (Å²) in [6.45, 7) is 15.5. The maximum absolute atomic E-state index is 15.7. The molecule has 0 atom stereocenters. The molecule has 2 aliphatic heterocycles. The summed E-state index contributed by atoms with van der Waals surface area (Å²) < 4.78 is 2.50. The Morgan fingerprint density at radius 3 is 1.04 bits per heavy atom. The van der Waals surface area contributed by atoms with E-state index in [4.69, 9.17) is 0 Å². The van der Waals surface area contributed by atoms with Crippen LogP contribution in [0.4, 0.5) is 11.4 Å². The lowest BCUT2D eigenvalue weighted by Crippen LogP contribution is -2.32. The molecular weight excluding hydrogens is 2010 g/mol. The van der Waals surface area contributed by atoms with Crippen LogP contribution in [0, 0.1) is 0 Å². The summed E-state index contributed by atoms with van der Waals surface area (Å²) in [5.74, 6) is -0.0337. The van der Waals surface area contributed by atoms with Gasteiger partial charge in [0.1, 0.15) is 12.3 Å². The van der Waals surface area contributed by atoms with Gasteiger partial charge < -0.3 is 10.0 Å². The summed E-state index contributed by atoms with van der Waals surface area (Å²) in [5, 5.41) is 30.5. The van der Waals surface area contributed by atoms with Gasteiger partial charge in [0.15, 0.2) is 5.71 Å². The van der Waals surface area contributed by atoms with Gasteiger partial charge in [0.05, 0.1) is 45.8 Å². The molecule has 0 saturated carbocycles. The average molecular weight is 2100 g/mol. The first-order chi connectivity index (χ1) is 66.6. The number of rotatable bonds is 34. The summed E-state index contributed by atoms with van der Waals surface area (Å²) >= 11 is 33.5. The number of aliphatic hydroxyl groups is 1. The van der Waals surface area contributed by atoms with Crippen LogP contribution in [0.5, 0.6) is 0 Å². The molecule has 4 nitrogen and oxygen atoms in total. The normalized spacial score (nSPS) is 14.6. The summed E-state index contributed by atoms with van der Waals surface area (Å²) in [5.41, 5.74) is 16.7. The van der Waals surface area contributed by atoms with E-state index in [1.807, 2.05) is 204 Å². The van der Waals surface area contributed by atoms with Crippen LogP contribution in [-0.4, -0.2) is 34.3 Å². The molecule has 23 rings (SSSR count). The van der Waals surface area contributed by atoms with Crippen LogP contribution in [-0.2, 0) is 15.6 Å². The Morgan fingerprint density at radius 2 is 0.640 bits per heavy atom. The minimum Gasteiger partial charge on any atom is -0.506 e. The van der Waals surface area contributed by atoms with Gasteiger partial charge in [-0.2, -0.15) is 4.58 Å². The minimum atomic E-state index is -0.537. The second kappa shape index (κ2) is 39.0. The smallest absolute Gasteiger partial charge is 0.209 e. The maximum Gasteiger partial charge on any atom is 0.209 e. The molecule has 20 heterocycles. The molecule has 136 heavy (non-hydrogen) atoms. The predicted molar refractivity (Wildman–Crippen MR) is 613 cm³/mol. The lowest BCUT2D eigenvalue weighted by Gasteiger charge is -2.29. The fourth-order valence-electron chi connectivity index (χ4n) is 19.2. The first kappa shape index (κ1) is 91.0. The van der Waals surface area contributed by atoms with Gasteiger partial charge in [0.2, 0.25) is 11.5 Å². The van der Waals surface area contributed by atoms with Crippen molar-refractivity contribution in [2.75, 3.05) is 18.0 Å². The van der Waals surface area contributed by atoms with Crippen molar-refractivity contribution in [2.45, 2.75) is 129 Å². The van der Waals surface area contributed by atoms with Crippen LogP contribution < -0.4 is 4.90 Å². The molecule has 0 spiro atoms. The van der Waals surface area contributed by atoms with Crippen molar-refractivity contribution in [3.63, 3.8) is 0 Å². The van der Waals surface area contributed by atoms with E-state index in [0.29, 0.717) is 11.1 Å². The molecular formula is C114H93N2O2S18+. The van der Waals surface area contributed by atoms with E-state index in [9.17, 15) is 5.11 Å². The van der Waals surface area contributed by atoms with Crippen LogP contribution in [0.15, 0.2) is 296 Å². The minimum absolute atomic E-state index is 0.0769. The Morgan fingerprint density at radius 1 is 0.309 bits per heavy atom. The number of thiophene rings is 18. The Kier molecular flexibility index (Phi) is 26.1. The van der Waals surface area contributed by atoms with Crippen LogP contribution in [0.25, 0.3) is 181 Å². The fourth-order valence-corrected chi connectivity index (χ4v) is 37.8. The number of carbonyl (C=O) groups is 1. The van der Waals surface area contributed by atoms with E-state index in [1.54, 1.807) is 0 Å². The van der Waals surface area contributed by atoms with Crippen LogP contribution >= 0.6 is 204 Å². The van der Waals surface area contributed by atoms with Crippen LogP contribution in [0.1, 0.15) is 130 Å². The van der Waals surface area contributed by atoms with Gasteiger partial charge in [-0.15, -0.1) is 204 Å². The first-order valence-corrected chi connectivity index (χ1v) is 61.6. The van der Waals surface area contributed by atoms with Gasteiger partial charge in [-0.3, -0.25) is 4.79 Å². The molecule has 0 amide bonds. The van der Waals surface area contributed by atoms with E-state index in [-0.39, 0.29) is 11.5 Å². The molecule has 3 aliphatic rings. The van der Waals surface area contributed by atoms with Crippen molar-refractivity contribution in [3.05, 3.63) is 307 Å². The highest BCUT2D eigenvalue weighted by molar-refractivity contribution is 7.33. The molecule has 0 radical (unpaired) electrons. The Labute approximate surface area is 867 Å². The van der Waals surface area contributed by atoms with Gasteiger partial charge in [0.25, 0.3) is 0 Å². The number of carbonyl (C=O) groups excluding carboxylic acids is 1. The lowest BCUT2D eigenvalue weighted by atomic mass is 9.77. The fraction of sp³-hybridized carbons (Fsp3) is 0.193. The number of hydrogen-bond acceptors (Lipinski definition) is 21. The zero-order chi connectivity index (χ0) is 91.9. The van der Waals surface area contributed by atoms with E-state index < -0.39 is 10.8 Å². The van der Waals surface area contributed by atoms with Crippen LogP contribution in [0.3, 0.4) is 0 Å². The topological polar surface area (TPSA) is 43.5 Å². The zero-order valence-corrected chi connectivity index (χ0v) is 90.3. The molecule has 20 aromatic rings. The molecule has 1 aliphatic carbocycles. The number of unbranched alkanes of at least 4 members (excludes halogenated alkanes) is 10. The van der Waals surface area contributed by atoms with Gasteiger partial charge >= 0.3 is 0 Å². The van der Waals surface area contributed by atoms with Crippen molar-refractivity contribution < 1.29 is 14.5 Å². The second-order valence-corrected chi connectivity index (χ2v) is 53.9. The van der Waals surface area contributed by atoms with E-state index in [1.165, 1.54) is 255 Å².